The first kappa shape index (κ1) is 9.92. The van der Waals surface area contributed by atoms with Crippen molar-refractivity contribution in [3.05, 3.63) is 0 Å². The van der Waals surface area contributed by atoms with E-state index in [0.29, 0.717) is 0 Å². The van der Waals surface area contributed by atoms with E-state index in [1.165, 1.54) is 0 Å². The summed E-state index contributed by atoms with van der Waals surface area (Å²) in [5.74, 6) is 0. The summed E-state index contributed by atoms with van der Waals surface area (Å²) in [6.45, 7) is -0.167. The molecule has 1 fully saturated rings. The molecule has 1 rings (SSSR count). The second kappa shape index (κ2) is 4.77. The third-order valence-corrected chi connectivity index (χ3v) is 2.37. The maximum absolute atomic E-state index is 9.40. The fourth-order valence-electron chi connectivity index (χ4n) is 1.60. The van der Waals surface area contributed by atoms with Crippen molar-refractivity contribution in [3.8, 4) is 0 Å². The zero-order valence-corrected chi connectivity index (χ0v) is 7.11. The van der Waals surface area contributed by atoms with Crippen molar-refractivity contribution in [3.63, 3.8) is 0 Å². The van der Waals surface area contributed by atoms with Crippen molar-refractivity contribution in [2.45, 2.75) is 37.5 Å². The fourth-order valence-corrected chi connectivity index (χ4v) is 1.60. The fraction of sp³-hybridized carbons (Fsp3) is 1.00. The first-order valence-corrected chi connectivity index (χ1v) is 4.43. The van der Waals surface area contributed by atoms with E-state index in [2.05, 4.69) is 5.32 Å². The van der Waals surface area contributed by atoms with Crippen molar-refractivity contribution in [2.75, 3.05) is 13.2 Å². The van der Waals surface area contributed by atoms with Crippen LogP contribution in [0, 0.1) is 0 Å². The van der Waals surface area contributed by atoms with Crippen LogP contribution in [0.4, 0.5) is 0 Å². The van der Waals surface area contributed by atoms with E-state index < -0.39 is 0 Å². The minimum absolute atomic E-state index is 0.0503. The molecular formula is C8H17NO3. The SMILES string of the molecule is OCC(CO)NC1CCCC1O. The lowest BCUT2D eigenvalue weighted by atomic mass is 10.2. The molecule has 2 atom stereocenters. The molecule has 0 bridgehead atoms. The van der Waals surface area contributed by atoms with E-state index in [1.807, 2.05) is 0 Å². The Kier molecular flexibility index (Phi) is 3.94. The Morgan fingerprint density at radius 3 is 2.33 bits per heavy atom. The summed E-state index contributed by atoms with van der Waals surface area (Å²) in [5, 5.41) is 30.0. The lowest BCUT2D eigenvalue weighted by molar-refractivity contribution is 0.113. The summed E-state index contributed by atoms with van der Waals surface area (Å²) < 4.78 is 0. The summed E-state index contributed by atoms with van der Waals surface area (Å²) in [4.78, 5) is 0. The van der Waals surface area contributed by atoms with E-state index in [-0.39, 0.29) is 31.4 Å². The Morgan fingerprint density at radius 2 is 1.92 bits per heavy atom. The van der Waals surface area contributed by atoms with Gasteiger partial charge in [-0.2, -0.15) is 0 Å². The average Bonchev–Trinajstić information content (AvgIpc) is 2.47. The molecule has 12 heavy (non-hydrogen) atoms. The van der Waals surface area contributed by atoms with Crippen LogP contribution in [0.25, 0.3) is 0 Å². The quantitative estimate of drug-likeness (QED) is 0.435. The molecule has 4 N–H and O–H groups in total. The van der Waals surface area contributed by atoms with E-state index >= 15 is 0 Å². The Morgan fingerprint density at radius 1 is 1.25 bits per heavy atom. The monoisotopic (exact) mass is 175 g/mol. The van der Waals surface area contributed by atoms with Gasteiger partial charge in [0.1, 0.15) is 0 Å². The Hall–Kier alpha value is -0.160. The van der Waals surface area contributed by atoms with Crippen LogP contribution in [0.3, 0.4) is 0 Å². The minimum atomic E-state index is -0.314. The maximum atomic E-state index is 9.40. The van der Waals surface area contributed by atoms with Crippen molar-refractivity contribution in [1.82, 2.24) is 5.32 Å². The lowest BCUT2D eigenvalue weighted by Crippen LogP contribution is -2.46. The molecule has 0 aromatic rings. The lowest BCUT2D eigenvalue weighted by Gasteiger charge is -2.21. The zero-order valence-electron chi connectivity index (χ0n) is 7.11. The molecule has 72 valence electrons. The second-order valence-electron chi connectivity index (χ2n) is 3.33. The minimum Gasteiger partial charge on any atom is -0.395 e. The van der Waals surface area contributed by atoms with Crippen LogP contribution in [0.15, 0.2) is 0 Å². The van der Waals surface area contributed by atoms with Gasteiger partial charge in [-0.15, -0.1) is 0 Å². The summed E-state index contributed by atoms with van der Waals surface area (Å²) in [7, 11) is 0. The van der Waals surface area contributed by atoms with Crippen molar-refractivity contribution in [2.24, 2.45) is 0 Å². The Labute approximate surface area is 72.2 Å². The highest BCUT2D eigenvalue weighted by molar-refractivity contribution is 4.85. The van der Waals surface area contributed by atoms with Crippen molar-refractivity contribution < 1.29 is 15.3 Å². The topological polar surface area (TPSA) is 72.7 Å². The van der Waals surface area contributed by atoms with E-state index in [0.717, 1.165) is 19.3 Å². The highest BCUT2D eigenvalue weighted by Gasteiger charge is 2.26. The molecular weight excluding hydrogens is 158 g/mol. The van der Waals surface area contributed by atoms with Gasteiger partial charge in [0.2, 0.25) is 0 Å². The van der Waals surface area contributed by atoms with Crippen LogP contribution in [-0.2, 0) is 0 Å². The van der Waals surface area contributed by atoms with Gasteiger partial charge in [0.15, 0.2) is 0 Å². The smallest absolute Gasteiger partial charge is 0.0693 e. The molecule has 0 aromatic carbocycles. The molecule has 2 unspecified atom stereocenters. The summed E-state index contributed by atoms with van der Waals surface area (Å²) in [6.07, 6.45) is 2.45. The first-order chi connectivity index (χ1) is 5.77. The number of nitrogens with one attached hydrogen (secondary N) is 1. The molecule has 0 aromatic heterocycles. The van der Waals surface area contributed by atoms with Gasteiger partial charge in [0, 0.05) is 6.04 Å². The maximum Gasteiger partial charge on any atom is 0.0693 e. The molecule has 1 aliphatic rings. The zero-order chi connectivity index (χ0) is 8.97. The molecule has 4 nitrogen and oxygen atoms in total. The van der Waals surface area contributed by atoms with Gasteiger partial charge in [0.05, 0.1) is 25.4 Å². The van der Waals surface area contributed by atoms with Crippen LogP contribution in [0.5, 0.6) is 0 Å². The molecule has 0 amide bonds. The molecule has 0 radical (unpaired) electrons. The molecule has 4 heteroatoms. The Bertz CT molecular complexity index is 127. The predicted molar refractivity (Wildman–Crippen MR) is 44.7 cm³/mol. The predicted octanol–water partition coefficient (Wildman–Crippen LogP) is -1.16. The van der Waals surface area contributed by atoms with Crippen LogP contribution in [0.2, 0.25) is 0 Å². The van der Waals surface area contributed by atoms with Crippen LogP contribution < -0.4 is 5.32 Å². The standard InChI is InChI=1S/C8H17NO3/c10-4-6(5-11)9-7-2-1-3-8(7)12/h6-12H,1-5H2. The first-order valence-electron chi connectivity index (χ1n) is 4.43. The van der Waals surface area contributed by atoms with Crippen LogP contribution in [-0.4, -0.2) is 46.7 Å². The van der Waals surface area contributed by atoms with Gasteiger partial charge in [0.25, 0.3) is 0 Å². The Balaban J connectivity index is 2.28. The summed E-state index contributed by atoms with van der Waals surface area (Å²) in [5.41, 5.74) is 0. The van der Waals surface area contributed by atoms with Gasteiger partial charge < -0.3 is 20.6 Å². The molecule has 0 spiro atoms. The van der Waals surface area contributed by atoms with Gasteiger partial charge >= 0.3 is 0 Å². The van der Waals surface area contributed by atoms with Gasteiger partial charge in [-0.3, -0.25) is 0 Å². The van der Waals surface area contributed by atoms with E-state index in [1.54, 1.807) is 0 Å². The van der Waals surface area contributed by atoms with E-state index in [9.17, 15) is 5.11 Å². The highest BCUT2D eigenvalue weighted by atomic mass is 16.3. The van der Waals surface area contributed by atoms with E-state index in [4.69, 9.17) is 10.2 Å². The third-order valence-electron chi connectivity index (χ3n) is 2.37. The van der Waals surface area contributed by atoms with Crippen LogP contribution in [0.1, 0.15) is 19.3 Å². The largest absolute Gasteiger partial charge is 0.395 e. The van der Waals surface area contributed by atoms with Gasteiger partial charge in [-0.25, -0.2) is 0 Å². The van der Waals surface area contributed by atoms with Crippen molar-refractivity contribution >= 4 is 0 Å². The number of aliphatic hydroxyl groups excluding tert-OH is 3. The summed E-state index contributed by atoms with van der Waals surface area (Å²) >= 11 is 0. The van der Waals surface area contributed by atoms with Gasteiger partial charge in [-0.1, -0.05) is 0 Å². The second-order valence-corrected chi connectivity index (χ2v) is 3.33. The van der Waals surface area contributed by atoms with Crippen LogP contribution >= 0.6 is 0 Å². The molecule has 0 heterocycles. The molecule has 0 saturated heterocycles. The summed E-state index contributed by atoms with van der Waals surface area (Å²) in [6, 6.07) is -0.239. The molecule has 1 saturated carbocycles. The number of hydrogen-bond donors (Lipinski definition) is 4. The van der Waals surface area contributed by atoms with Gasteiger partial charge in [-0.05, 0) is 19.3 Å². The van der Waals surface area contributed by atoms with Crippen molar-refractivity contribution in [1.29, 1.82) is 0 Å². The number of hydrogen-bond acceptors (Lipinski definition) is 4. The molecule has 1 aliphatic carbocycles. The molecule has 0 aliphatic heterocycles. The normalized spacial score (nSPS) is 30.0. The average molecular weight is 175 g/mol. The third kappa shape index (κ3) is 2.42. The highest BCUT2D eigenvalue weighted by Crippen LogP contribution is 2.18. The number of rotatable bonds is 4. The number of aliphatic hydroxyl groups is 3.